The second-order valence-corrected chi connectivity index (χ2v) is 10.2. The van der Waals surface area contributed by atoms with Gasteiger partial charge in [0.15, 0.2) is 23.0 Å². The second-order valence-electron chi connectivity index (χ2n) is 8.34. The van der Waals surface area contributed by atoms with Crippen molar-refractivity contribution < 1.29 is 46.4 Å². The molecule has 0 atom stereocenters. The number of carbonyl (C=O) groups excluding carboxylic acids is 1. The van der Waals surface area contributed by atoms with E-state index in [0.717, 1.165) is 4.31 Å². The lowest BCUT2D eigenvalue weighted by Crippen LogP contribution is -2.41. The Kier molecular flexibility index (Phi) is 10.4. The molecule has 1 amide bonds. The third-order valence-electron chi connectivity index (χ3n) is 6.15. The molecule has 3 aromatic carbocycles. The van der Waals surface area contributed by atoms with Crippen LogP contribution in [0.2, 0.25) is 0 Å². The van der Waals surface area contributed by atoms with Crippen LogP contribution in [0.4, 0.5) is 5.69 Å². The van der Waals surface area contributed by atoms with Gasteiger partial charge < -0.3 is 38.5 Å². The summed E-state index contributed by atoms with van der Waals surface area (Å²) in [6.07, 6.45) is 0. The molecule has 0 spiro atoms. The smallest absolute Gasteiger partial charge is 0.265 e. The Balaban J connectivity index is 2.02. The molecule has 0 aliphatic carbocycles. The van der Waals surface area contributed by atoms with Crippen molar-refractivity contribution >= 4 is 21.6 Å². The van der Waals surface area contributed by atoms with Gasteiger partial charge in [0.1, 0.15) is 18.0 Å². The number of benzene rings is 3. The highest BCUT2D eigenvalue weighted by Crippen LogP contribution is 2.40. The number of ether oxygens (including phenoxy) is 7. The van der Waals surface area contributed by atoms with Crippen LogP contribution in [0.3, 0.4) is 0 Å². The number of hydrogen-bond acceptors (Lipinski definition) is 10. The SMILES string of the molecule is COc1ccc(OC)c(N(CC(=O)NCc2ccc(OC)c(OC)c2OC)S(=O)(=O)c2ccc(OC)c(OC)c2)c1. The summed E-state index contributed by atoms with van der Waals surface area (Å²) in [6.45, 7) is -0.572. The lowest BCUT2D eigenvalue weighted by molar-refractivity contribution is -0.119. The standard InChI is InChI=1S/C28H34N2O10S/c1-34-19-9-12-22(35-2)21(14-19)30(41(32,33)20-10-13-23(36-3)25(15-20)38-5)17-26(31)29-16-18-8-11-24(37-4)28(40-7)27(18)39-6/h8-15H,16-17H2,1-7H3,(H,29,31). The molecule has 0 aliphatic heterocycles. The van der Waals surface area contributed by atoms with Crippen LogP contribution in [0.15, 0.2) is 53.4 Å². The first-order valence-electron chi connectivity index (χ1n) is 12.2. The largest absolute Gasteiger partial charge is 0.497 e. The average molecular weight is 591 g/mol. The van der Waals surface area contributed by atoms with Crippen LogP contribution in [-0.2, 0) is 21.4 Å². The van der Waals surface area contributed by atoms with E-state index in [1.165, 1.54) is 74.0 Å². The van der Waals surface area contributed by atoms with Gasteiger partial charge in [-0.2, -0.15) is 0 Å². The minimum atomic E-state index is -4.34. The summed E-state index contributed by atoms with van der Waals surface area (Å²) in [5.41, 5.74) is 0.687. The molecular formula is C28H34N2O10S. The Morgan fingerprint density at radius 2 is 1.29 bits per heavy atom. The van der Waals surface area contributed by atoms with Gasteiger partial charge in [0.2, 0.25) is 11.7 Å². The molecule has 0 radical (unpaired) electrons. The van der Waals surface area contributed by atoms with Crippen LogP contribution in [0, 0.1) is 0 Å². The van der Waals surface area contributed by atoms with E-state index in [2.05, 4.69) is 5.32 Å². The van der Waals surface area contributed by atoms with Gasteiger partial charge in [-0.3, -0.25) is 9.10 Å². The van der Waals surface area contributed by atoms with E-state index in [9.17, 15) is 13.2 Å². The van der Waals surface area contributed by atoms with Crippen molar-refractivity contribution in [1.29, 1.82) is 0 Å². The summed E-state index contributed by atoms with van der Waals surface area (Å²) in [4.78, 5) is 13.2. The summed E-state index contributed by atoms with van der Waals surface area (Å²) >= 11 is 0. The van der Waals surface area contributed by atoms with Gasteiger partial charge in [-0.05, 0) is 36.4 Å². The first-order valence-corrected chi connectivity index (χ1v) is 13.6. The fourth-order valence-corrected chi connectivity index (χ4v) is 5.52. The number of anilines is 1. The summed E-state index contributed by atoms with van der Waals surface area (Å²) in [5.74, 6) is 1.71. The summed E-state index contributed by atoms with van der Waals surface area (Å²) in [6, 6.07) is 12.2. The predicted molar refractivity (Wildman–Crippen MR) is 152 cm³/mol. The highest BCUT2D eigenvalue weighted by molar-refractivity contribution is 7.92. The molecule has 13 heteroatoms. The maximum Gasteiger partial charge on any atom is 0.265 e. The minimum Gasteiger partial charge on any atom is -0.497 e. The molecule has 3 aromatic rings. The van der Waals surface area contributed by atoms with Gasteiger partial charge in [0.25, 0.3) is 10.0 Å². The van der Waals surface area contributed by atoms with Crippen LogP contribution < -0.4 is 42.8 Å². The van der Waals surface area contributed by atoms with Crippen molar-refractivity contribution in [2.75, 3.05) is 60.6 Å². The first kappa shape index (κ1) is 31.0. The maximum atomic E-state index is 14.0. The number of carbonyl (C=O) groups is 1. The zero-order valence-electron chi connectivity index (χ0n) is 24.0. The van der Waals surface area contributed by atoms with Crippen molar-refractivity contribution in [2.45, 2.75) is 11.4 Å². The fourth-order valence-electron chi connectivity index (χ4n) is 4.08. The Morgan fingerprint density at radius 3 is 1.88 bits per heavy atom. The quantitative estimate of drug-likeness (QED) is 0.299. The molecule has 41 heavy (non-hydrogen) atoms. The molecular weight excluding hydrogens is 556 g/mol. The molecule has 0 saturated heterocycles. The number of rotatable bonds is 14. The van der Waals surface area contributed by atoms with E-state index < -0.39 is 22.5 Å². The molecule has 0 heterocycles. The third kappa shape index (κ3) is 6.62. The van der Waals surface area contributed by atoms with E-state index in [1.54, 1.807) is 24.3 Å². The van der Waals surface area contributed by atoms with Crippen LogP contribution in [0.5, 0.6) is 40.2 Å². The van der Waals surface area contributed by atoms with E-state index in [0.29, 0.717) is 34.3 Å². The van der Waals surface area contributed by atoms with Crippen LogP contribution in [-0.4, -0.2) is 70.6 Å². The summed E-state index contributed by atoms with van der Waals surface area (Å²) in [5, 5.41) is 2.75. The Labute approximate surface area is 239 Å². The number of nitrogens with zero attached hydrogens (tertiary/aromatic N) is 1. The average Bonchev–Trinajstić information content (AvgIpc) is 3.00. The molecule has 12 nitrogen and oxygen atoms in total. The number of methoxy groups -OCH3 is 7. The monoisotopic (exact) mass is 590 g/mol. The molecule has 0 unspecified atom stereocenters. The molecule has 222 valence electrons. The summed E-state index contributed by atoms with van der Waals surface area (Å²) in [7, 11) is 5.78. The fraction of sp³-hybridized carbons (Fsp3) is 0.321. The van der Waals surface area contributed by atoms with Gasteiger partial charge in [0, 0.05) is 24.2 Å². The molecule has 1 N–H and O–H groups in total. The first-order chi connectivity index (χ1) is 19.7. The zero-order chi connectivity index (χ0) is 30.2. The molecule has 0 aromatic heterocycles. The summed E-state index contributed by atoms with van der Waals surface area (Å²) < 4.78 is 66.5. The maximum absolute atomic E-state index is 14.0. The van der Waals surface area contributed by atoms with Gasteiger partial charge in [-0.1, -0.05) is 0 Å². The van der Waals surface area contributed by atoms with Gasteiger partial charge in [0.05, 0.1) is 60.4 Å². The van der Waals surface area contributed by atoms with E-state index >= 15 is 0 Å². The molecule has 0 aliphatic rings. The normalized spacial score (nSPS) is 10.8. The highest BCUT2D eigenvalue weighted by Gasteiger charge is 2.31. The van der Waals surface area contributed by atoms with E-state index in [-0.39, 0.29) is 28.6 Å². The van der Waals surface area contributed by atoms with Crippen molar-refractivity contribution in [3.05, 3.63) is 54.1 Å². The van der Waals surface area contributed by atoms with Crippen LogP contribution in [0.1, 0.15) is 5.56 Å². The topological polar surface area (TPSA) is 131 Å². The Morgan fingerprint density at radius 1 is 0.683 bits per heavy atom. The molecule has 0 bridgehead atoms. The number of hydrogen-bond donors (Lipinski definition) is 1. The lowest BCUT2D eigenvalue weighted by Gasteiger charge is -2.26. The predicted octanol–water partition coefficient (Wildman–Crippen LogP) is 3.26. The van der Waals surface area contributed by atoms with Crippen molar-refractivity contribution in [3.63, 3.8) is 0 Å². The Hall–Kier alpha value is -4.52. The molecule has 3 rings (SSSR count). The third-order valence-corrected chi connectivity index (χ3v) is 7.90. The van der Waals surface area contributed by atoms with Crippen molar-refractivity contribution in [3.8, 4) is 40.2 Å². The van der Waals surface area contributed by atoms with Crippen LogP contribution in [0.25, 0.3) is 0 Å². The van der Waals surface area contributed by atoms with E-state index in [1.807, 2.05) is 0 Å². The Bertz CT molecular complexity index is 1480. The number of sulfonamides is 1. The second kappa shape index (κ2) is 13.7. The number of nitrogens with one attached hydrogen (secondary N) is 1. The van der Waals surface area contributed by atoms with Gasteiger partial charge in [-0.15, -0.1) is 0 Å². The molecule has 0 saturated carbocycles. The van der Waals surface area contributed by atoms with Crippen molar-refractivity contribution in [2.24, 2.45) is 0 Å². The van der Waals surface area contributed by atoms with Gasteiger partial charge in [-0.25, -0.2) is 8.42 Å². The zero-order valence-corrected chi connectivity index (χ0v) is 24.8. The highest BCUT2D eigenvalue weighted by atomic mass is 32.2. The van der Waals surface area contributed by atoms with Crippen molar-refractivity contribution in [1.82, 2.24) is 5.32 Å². The number of amides is 1. The molecule has 0 fully saturated rings. The van der Waals surface area contributed by atoms with Crippen LogP contribution >= 0.6 is 0 Å². The van der Waals surface area contributed by atoms with Gasteiger partial charge >= 0.3 is 0 Å². The lowest BCUT2D eigenvalue weighted by atomic mass is 10.1. The minimum absolute atomic E-state index is 0.0157. The van der Waals surface area contributed by atoms with E-state index in [4.69, 9.17) is 33.2 Å².